The molecule has 1 heterocycles. The van der Waals surface area contributed by atoms with Crippen molar-refractivity contribution in [3.8, 4) is 0 Å². The summed E-state index contributed by atoms with van der Waals surface area (Å²) in [5, 5.41) is 6.36. The van der Waals surface area contributed by atoms with Crippen LogP contribution in [0.25, 0.3) is 0 Å². The third kappa shape index (κ3) is 4.61. The van der Waals surface area contributed by atoms with Gasteiger partial charge in [-0.25, -0.2) is 0 Å². The molecule has 1 atom stereocenters. The van der Waals surface area contributed by atoms with Crippen molar-refractivity contribution in [3.05, 3.63) is 0 Å². The molecule has 1 aliphatic rings. The van der Waals surface area contributed by atoms with Crippen LogP contribution < -0.4 is 10.6 Å². The maximum Gasteiger partial charge on any atom is 0.220 e. The molecule has 14 heavy (non-hydrogen) atoms. The number of piperidine rings is 1. The highest BCUT2D eigenvalue weighted by Gasteiger charge is 2.14. The Morgan fingerprint density at radius 2 is 2.36 bits per heavy atom. The van der Waals surface area contributed by atoms with Crippen molar-refractivity contribution in [2.45, 2.75) is 45.6 Å². The van der Waals surface area contributed by atoms with Gasteiger partial charge in [-0.3, -0.25) is 4.79 Å². The average molecular weight is 198 g/mol. The van der Waals surface area contributed by atoms with Gasteiger partial charge in [0.25, 0.3) is 0 Å². The minimum atomic E-state index is 0.215. The van der Waals surface area contributed by atoms with Crippen molar-refractivity contribution >= 4 is 5.91 Å². The first-order chi connectivity index (χ1) is 6.68. The molecule has 1 rings (SSSR count). The van der Waals surface area contributed by atoms with Gasteiger partial charge in [-0.15, -0.1) is 0 Å². The number of amides is 1. The fraction of sp³-hybridized carbons (Fsp3) is 0.909. The molecule has 0 aromatic rings. The van der Waals surface area contributed by atoms with Crippen LogP contribution >= 0.6 is 0 Å². The topological polar surface area (TPSA) is 41.1 Å². The van der Waals surface area contributed by atoms with Gasteiger partial charge in [-0.1, -0.05) is 13.8 Å². The van der Waals surface area contributed by atoms with E-state index in [-0.39, 0.29) is 5.91 Å². The summed E-state index contributed by atoms with van der Waals surface area (Å²) in [6.45, 7) is 6.33. The van der Waals surface area contributed by atoms with Crippen molar-refractivity contribution in [1.82, 2.24) is 10.6 Å². The average Bonchev–Trinajstić information content (AvgIpc) is 2.16. The van der Waals surface area contributed by atoms with Crippen LogP contribution in [0.1, 0.15) is 39.5 Å². The lowest BCUT2D eigenvalue weighted by Crippen LogP contribution is -2.45. The van der Waals surface area contributed by atoms with Crippen molar-refractivity contribution in [2.24, 2.45) is 5.92 Å². The van der Waals surface area contributed by atoms with Crippen LogP contribution in [0.5, 0.6) is 0 Å². The fourth-order valence-electron chi connectivity index (χ4n) is 1.69. The molecule has 0 aromatic heterocycles. The third-order valence-corrected chi connectivity index (χ3v) is 2.61. The summed E-state index contributed by atoms with van der Waals surface area (Å²) in [4.78, 5) is 11.5. The number of nitrogens with one attached hydrogen (secondary N) is 2. The molecule has 1 fully saturated rings. The predicted octanol–water partition coefficient (Wildman–Crippen LogP) is 1.29. The van der Waals surface area contributed by atoms with Crippen LogP contribution in [0.4, 0.5) is 0 Å². The van der Waals surface area contributed by atoms with E-state index in [2.05, 4.69) is 24.5 Å². The Morgan fingerprint density at radius 3 is 2.93 bits per heavy atom. The van der Waals surface area contributed by atoms with Gasteiger partial charge >= 0.3 is 0 Å². The summed E-state index contributed by atoms with van der Waals surface area (Å²) < 4.78 is 0. The van der Waals surface area contributed by atoms with Crippen LogP contribution in [0, 0.1) is 5.92 Å². The second-order valence-corrected chi connectivity index (χ2v) is 4.54. The van der Waals surface area contributed by atoms with Crippen LogP contribution in [-0.4, -0.2) is 25.0 Å². The summed E-state index contributed by atoms with van der Waals surface area (Å²) in [7, 11) is 0. The van der Waals surface area contributed by atoms with Gasteiger partial charge in [0.1, 0.15) is 0 Å². The molecule has 3 heteroatoms. The number of carbonyl (C=O) groups is 1. The van der Waals surface area contributed by atoms with Crippen molar-refractivity contribution in [3.63, 3.8) is 0 Å². The van der Waals surface area contributed by atoms with E-state index < -0.39 is 0 Å². The lowest BCUT2D eigenvalue weighted by atomic mass is 10.1. The smallest absolute Gasteiger partial charge is 0.220 e. The maximum atomic E-state index is 11.5. The Morgan fingerprint density at radius 1 is 1.57 bits per heavy atom. The van der Waals surface area contributed by atoms with E-state index >= 15 is 0 Å². The van der Waals surface area contributed by atoms with E-state index in [0.29, 0.717) is 18.4 Å². The SMILES string of the molecule is CC(C)CCC(=O)N[C@H]1CCCNC1. The molecule has 3 nitrogen and oxygen atoms in total. The summed E-state index contributed by atoms with van der Waals surface area (Å²) in [6.07, 6.45) is 3.97. The number of hydrogen-bond acceptors (Lipinski definition) is 2. The van der Waals surface area contributed by atoms with E-state index in [4.69, 9.17) is 0 Å². The molecule has 1 saturated heterocycles. The molecule has 82 valence electrons. The lowest BCUT2D eigenvalue weighted by molar-refractivity contribution is -0.122. The summed E-state index contributed by atoms with van der Waals surface area (Å²) in [6, 6.07) is 0.364. The normalized spacial score (nSPS) is 22.4. The highest BCUT2D eigenvalue weighted by molar-refractivity contribution is 5.76. The first kappa shape index (κ1) is 11.5. The number of rotatable bonds is 4. The maximum absolute atomic E-state index is 11.5. The van der Waals surface area contributed by atoms with Gasteiger partial charge in [0, 0.05) is 19.0 Å². The molecule has 0 aliphatic carbocycles. The summed E-state index contributed by atoms with van der Waals surface area (Å²) in [5.74, 6) is 0.831. The van der Waals surface area contributed by atoms with Crippen LogP contribution in [0.15, 0.2) is 0 Å². The molecule has 1 aliphatic heterocycles. The monoisotopic (exact) mass is 198 g/mol. The van der Waals surface area contributed by atoms with Crippen LogP contribution in [0.2, 0.25) is 0 Å². The summed E-state index contributed by atoms with van der Waals surface area (Å²) in [5.41, 5.74) is 0. The molecule has 2 N–H and O–H groups in total. The van der Waals surface area contributed by atoms with Crippen molar-refractivity contribution < 1.29 is 4.79 Å². The molecule has 0 aromatic carbocycles. The van der Waals surface area contributed by atoms with E-state index in [1.54, 1.807) is 0 Å². The van der Waals surface area contributed by atoms with Crippen LogP contribution in [-0.2, 0) is 4.79 Å². The minimum absolute atomic E-state index is 0.215. The molecule has 1 amide bonds. The first-order valence-electron chi connectivity index (χ1n) is 5.68. The second-order valence-electron chi connectivity index (χ2n) is 4.54. The van der Waals surface area contributed by atoms with Gasteiger partial charge in [-0.05, 0) is 31.7 Å². The largest absolute Gasteiger partial charge is 0.352 e. The fourth-order valence-corrected chi connectivity index (χ4v) is 1.69. The van der Waals surface area contributed by atoms with Crippen LogP contribution in [0.3, 0.4) is 0 Å². The van der Waals surface area contributed by atoms with Crippen molar-refractivity contribution in [2.75, 3.05) is 13.1 Å². The highest BCUT2D eigenvalue weighted by atomic mass is 16.1. The van der Waals surface area contributed by atoms with E-state index in [9.17, 15) is 4.79 Å². The molecular weight excluding hydrogens is 176 g/mol. The van der Waals surface area contributed by atoms with Gasteiger partial charge in [0.2, 0.25) is 5.91 Å². The van der Waals surface area contributed by atoms with Crippen molar-refractivity contribution in [1.29, 1.82) is 0 Å². The molecule has 0 bridgehead atoms. The molecule has 0 spiro atoms. The first-order valence-corrected chi connectivity index (χ1v) is 5.68. The Hall–Kier alpha value is -0.570. The Kier molecular flexibility index (Phi) is 4.94. The van der Waals surface area contributed by atoms with Gasteiger partial charge in [-0.2, -0.15) is 0 Å². The standard InChI is InChI=1S/C11H22N2O/c1-9(2)5-6-11(14)13-10-4-3-7-12-8-10/h9-10,12H,3-8H2,1-2H3,(H,13,14)/t10-/m0/s1. The minimum Gasteiger partial charge on any atom is -0.352 e. The molecule has 0 radical (unpaired) electrons. The lowest BCUT2D eigenvalue weighted by Gasteiger charge is -2.23. The number of carbonyl (C=O) groups excluding carboxylic acids is 1. The van der Waals surface area contributed by atoms with E-state index in [1.807, 2.05) is 0 Å². The predicted molar refractivity (Wildman–Crippen MR) is 58.1 cm³/mol. The van der Waals surface area contributed by atoms with Gasteiger partial charge < -0.3 is 10.6 Å². The van der Waals surface area contributed by atoms with Gasteiger partial charge in [0.05, 0.1) is 0 Å². The zero-order valence-corrected chi connectivity index (χ0v) is 9.31. The number of hydrogen-bond donors (Lipinski definition) is 2. The summed E-state index contributed by atoms with van der Waals surface area (Å²) >= 11 is 0. The van der Waals surface area contributed by atoms with E-state index in [0.717, 1.165) is 25.9 Å². The van der Waals surface area contributed by atoms with E-state index in [1.165, 1.54) is 6.42 Å². The zero-order chi connectivity index (χ0) is 10.4. The Labute approximate surface area is 86.6 Å². The third-order valence-electron chi connectivity index (χ3n) is 2.61. The Balaban J connectivity index is 2.12. The second kappa shape index (κ2) is 6.02. The quantitative estimate of drug-likeness (QED) is 0.714. The molecular formula is C11H22N2O. The van der Waals surface area contributed by atoms with Gasteiger partial charge in [0.15, 0.2) is 0 Å². The zero-order valence-electron chi connectivity index (χ0n) is 9.31. The highest BCUT2D eigenvalue weighted by Crippen LogP contribution is 2.05. The Bertz CT molecular complexity index is 174. The molecule has 0 saturated carbocycles. The molecule has 0 unspecified atom stereocenters.